The number of halogens is 1. The lowest BCUT2D eigenvalue weighted by molar-refractivity contribution is 0.101. The first-order valence-corrected chi connectivity index (χ1v) is 5.90. The highest BCUT2D eigenvalue weighted by Crippen LogP contribution is 2.17. The first kappa shape index (κ1) is 13.6. The van der Waals surface area contributed by atoms with Gasteiger partial charge < -0.3 is 15.2 Å². The van der Waals surface area contributed by atoms with Crippen molar-refractivity contribution in [1.82, 2.24) is 4.57 Å². The summed E-state index contributed by atoms with van der Waals surface area (Å²) in [5.41, 5.74) is 1.54. The summed E-state index contributed by atoms with van der Waals surface area (Å²) in [6, 6.07) is 7.29. The number of aryl methyl sites for hydroxylation is 1. The highest BCUT2D eigenvalue weighted by molar-refractivity contribution is 6.03. The molecule has 2 aromatic rings. The topological polar surface area (TPSA) is 69.8 Å². The molecule has 0 aliphatic carbocycles. The van der Waals surface area contributed by atoms with Crippen LogP contribution in [-0.2, 0) is 7.05 Å². The molecule has 0 bridgehead atoms. The average Bonchev–Trinajstić information content (AvgIpc) is 2.82. The summed E-state index contributed by atoms with van der Waals surface area (Å²) >= 11 is 0. The van der Waals surface area contributed by atoms with Gasteiger partial charge in [0.1, 0.15) is 17.6 Å². The van der Waals surface area contributed by atoms with Gasteiger partial charge in [-0.15, -0.1) is 0 Å². The number of nitrogens with zero attached hydrogens (tertiary/aromatic N) is 2. The number of carbonyl (C=O) groups excluding carboxylic acids is 1. The first-order chi connectivity index (χ1) is 9.55. The summed E-state index contributed by atoms with van der Waals surface area (Å²) < 4.78 is 14.9. The fourth-order valence-corrected chi connectivity index (χ4v) is 1.81. The quantitative estimate of drug-likeness (QED) is 0.901. The third-order valence-electron chi connectivity index (χ3n) is 2.87. The highest BCUT2D eigenvalue weighted by Gasteiger charge is 2.12. The van der Waals surface area contributed by atoms with Gasteiger partial charge in [0.25, 0.3) is 5.91 Å². The number of aromatic nitrogens is 1. The lowest BCUT2D eigenvalue weighted by Crippen LogP contribution is -2.15. The number of anilines is 2. The molecule has 0 aliphatic heterocycles. The highest BCUT2D eigenvalue weighted by atomic mass is 19.1. The normalized spacial score (nSPS) is 9.90. The zero-order valence-corrected chi connectivity index (χ0v) is 11.1. The Labute approximate surface area is 115 Å². The van der Waals surface area contributed by atoms with Gasteiger partial charge in [0.2, 0.25) is 0 Å². The van der Waals surface area contributed by atoms with Crippen LogP contribution < -0.4 is 10.6 Å². The number of benzene rings is 1. The van der Waals surface area contributed by atoms with Gasteiger partial charge in [0.15, 0.2) is 0 Å². The Morgan fingerprint density at radius 1 is 1.35 bits per heavy atom. The van der Waals surface area contributed by atoms with Gasteiger partial charge in [-0.2, -0.15) is 5.26 Å². The number of hydrogen-bond donors (Lipinski definition) is 2. The van der Waals surface area contributed by atoms with Gasteiger partial charge in [-0.3, -0.25) is 4.79 Å². The maximum absolute atomic E-state index is 13.2. The molecule has 20 heavy (non-hydrogen) atoms. The first-order valence-electron chi connectivity index (χ1n) is 5.90. The number of amides is 1. The molecule has 2 rings (SSSR count). The van der Waals surface area contributed by atoms with E-state index < -0.39 is 5.82 Å². The minimum atomic E-state index is -0.609. The fourth-order valence-electron chi connectivity index (χ4n) is 1.81. The molecule has 1 amide bonds. The van der Waals surface area contributed by atoms with Gasteiger partial charge in [0, 0.05) is 26.0 Å². The number of nitrogens with one attached hydrogen (secondary N) is 2. The summed E-state index contributed by atoms with van der Waals surface area (Å²) in [7, 11) is 3.51. The fraction of sp³-hybridized carbons (Fsp3) is 0.143. The summed E-state index contributed by atoms with van der Waals surface area (Å²) in [5.74, 6) is -0.939. The zero-order chi connectivity index (χ0) is 14.7. The molecule has 0 spiro atoms. The molecule has 0 saturated heterocycles. The van der Waals surface area contributed by atoms with E-state index in [4.69, 9.17) is 5.26 Å². The van der Waals surface area contributed by atoms with E-state index in [0.29, 0.717) is 11.4 Å². The van der Waals surface area contributed by atoms with E-state index in [1.807, 2.05) is 0 Å². The van der Waals surface area contributed by atoms with Crippen LogP contribution in [0.1, 0.15) is 16.1 Å². The molecule has 0 atom stereocenters. The Balaban J connectivity index is 2.23. The predicted molar refractivity (Wildman–Crippen MR) is 74.0 cm³/mol. The number of rotatable bonds is 3. The van der Waals surface area contributed by atoms with E-state index in [9.17, 15) is 9.18 Å². The van der Waals surface area contributed by atoms with Crippen LogP contribution in [-0.4, -0.2) is 17.5 Å². The Morgan fingerprint density at radius 2 is 2.10 bits per heavy atom. The van der Waals surface area contributed by atoms with Crippen molar-refractivity contribution in [3.05, 3.63) is 47.5 Å². The lowest BCUT2D eigenvalue weighted by atomic mass is 10.2. The molecule has 6 heteroatoms. The van der Waals surface area contributed by atoms with Crippen molar-refractivity contribution < 1.29 is 9.18 Å². The van der Waals surface area contributed by atoms with Gasteiger partial charge in [-0.1, -0.05) is 0 Å². The van der Waals surface area contributed by atoms with Crippen molar-refractivity contribution in [3.63, 3.8) is 0 Å². The zero-order valence-electron chi connectivity index (χ0n) is 11.1. The van der Waals surface area contributed by atoms with Crippen molar-refractivity contribution in [2.45, 2.75) is 0 Å². The Hall–Kier alpha value is -2.81. The number of carbonyl (C=O) groups is 1. The molecule has 102 valence electrons. The van der Waals surface area contributed by atoms with Gasteiger partial charge >= 0.3 is 0 Å². The van der Waals surface area contributed by atoms with E-state index >= 15 is 0 Å². The van der Waals surface area contributed by atoms with Crippen LogP contribution in [0.25, 0.3) is 0 Å². The number of hydrogen-bond acceptors (Lipinski definition) is 3. The molecule has 0 aliphatic rings. The van der Waals surface area contributed by atoms with Crippen LogP contribution in [0.4, 0.5) is 15.8 Å². The van der Waals surface area contributed by atoms with Crippen molar-refractivity contribution in [2.75, 3.05) is 17.7 Å². The monoisotopic (exact) mass is 272 g/mol. The minimum absolute atomic E-state index is 0.106. The second-order valence-electron chi connectivity index (χ2n) is 4.24. The SMILES string of the molecule is CNc1cc(C(=O)Nc2ccc(F)c(C#N)c2)n(C)c1. The standard InChI is InChI=1S/C14H13FN4O/c1-17-11-6-13(19(2)8-11)14(20)18-10-3-4-12(15)9(5-10)7-16/h3-6,8,17H,1-2H3,(H,18,20). The van der Waals surface area contributed by atoms with Crippen molar-refractivity contribution in [2.24, 2.45) is 7.05 Å². The van der Waals surface area contributed by atoms with E-state index in [0.717, 1.165) is 11.8 Å². The summed E-state index contributed by atoms with van der Waals surface area (Å²) in [6.07, 6.45) is 1.78. The van der Waals surface area contributed by atoms with Crippen LogP contribution in [0.5, 0.6) is 0 Å². The molecule has 0 fully saturated rings. The molecule has 0 unspecified atom stereocenters. The summed E-state index contributed by atoms with van der Waals surface area (Å²) in [4.78, 5) is 12.1. The van der Waals surface area contributed by atoms with Crippen LogP contribution in [0.2, 0.25) is 0 Å². The lowest BCUT2D eigenvalue weighted by Gasteiger charge is -2.06. The summed E-state index contributed by atoms with van der Waals surface area (Å²) in [5, 5.41) is 14.3. The number of nitriles is 1. The van der Waals surface area contributed by atoms with Crippen LogP contribution >= 0.6 is 0 Å². The van der Waals surface area contributed by atoms with Gasteiger partial charge in [0.05, 0.1) is 11.3 Å². The smallest absolute Gasteiger partial charge is 0.272 e. The van der Waals surface area contributed by atoms with E-state index in [1.54, 1.807) is 37.0 Å². The minimum Gasteiger partial charge on any atom is -0.387 e. The van der Waals surface area contributed by atoms with Crippen molar-refractivity contribution in [3.8, 4) is 6.07 Å². The molecule has 2 N–H and O–H groups in total. The molecular weight excluding hydrogens is 259 g/mol. The van der Waals surface area contributed by atoms with Crippen LogP contribution in [0.15, 0.2) is 30.5 Å². The Morgan fingerprint density at radius 3 is 2.70 bits per heavy atom. The predicted octanol–water partition coefficient (Wildman–Crippen LogP) is 2.33. The van der Waals surface area contributed by atoms with Crippen LogP contribution in [0, 0.1) is 17.1 Å². The summed E-state index contributed by atoms with van der Waals surface area (Å²) in [6.45, 7) is 0. The van der Waals surface area contributed by atoms with Gasteiger partial charge in [-0.25, -0.2) is 4.39 Å². The molecule has 1 aromatic heterocycles. The van der Waals surface area contributed by atoms with E-state index in [1.165, 1.54) is 12.1 Å². The van der Waals surface area contributed by atoms with Crippen molar-refractivity contribution in [1.29, 1.82) is 5.26 Å². The second kappa shape index (κ2) is 5.45. The molecule has 0 radical (unpaired) electrons. The van der Waals surface area contributed by atoms with E-state index in [-0.39, 0.29) is 11.5 Å². The van der Waals surface area contributed by atoms with Gasteiger partial charge in [-0.05, 0) is 24.3 Å². The maximum atomic E-state index is 13.2. The second-order valence-corrected chi connectivity index (χ2v) is 4.24. The van der Waals surface area contributed by atoms with Crippen molar-refractivity contribution >= 4 is 17.3 Å². The Bertz CT molecular complexity index is 700. The molecule has 5 nitrogen and oxygen atoms in total. The molecule has 1 heterocycles. The third-order valence-corrected chi connectivity index (χ3v) is 2.87. The van der Waals surface area contributed by atoms with Crippen LogP contribution in [0.3, 0.4) is 0 Å². The Kier molecular flexibility index (Phi) is 3.71. The third kappa shape index (κ3) is 2.62. The van der Waals surface area contributed by atoms with E-state index in [2.05, 4.69) is 10.6 Å². The largest absolute Gasteiger partial charge is 0.387 e. The maximum Gasteiger partial charge on any atom is 0.272 e. The molecular formula is C14H13FN4O. The molecule has 1 aromatic carbocycles. The molecule has 0 saturated carbocycles. The average molecular weight is 272 g/mol.